The first-order valence-corrected chi connectivity index (χ1v) is 10.3. The van der Waals surface area contributed by atoms with Crippen molar-refractivity contribution in [2.75, 3.05) is 23.7 Å². The summed E-state index contributed by atoms with van der Waals surface area (Å²) in [5.74, 6) is -0.206. The number of carbonyl (C=O) groups is 3. The predicted octanol–water partition coefficient (Wildman–Crippen LogP) is 4.20. The molecule has 2 aromatic carbocycles. The van der Waals surface area contributed by atoms with Crippen molar-refractivity contribution < 1.29 is 14.4 Å². The fraction of sp³-hybridized carbons (Fsp3) is 0.286. The number of rotatable bonds is 7. The van der Waals surface area contributed by atoms with Crippen molar-refractivity contribution >= 4 is 52.4 Å². The molecule has 4 N–H and O–H groups in total. The molecule has 1 saturated carbocycles. The second-order valence-electron chi connectivity index (χ2n) is 7.06. The number of carbonyl (C=O) groups excluding carboxylic acids is 3. The van der Waals surface area contributed by atoms with Crippen molar-refractivity contribution in [3.05, 3.63) is 57.6 Å². The number of amides is 4. The van der Waals surface area contributed by atoms with E-state index in [1.807, 2.05) is 13.0 Å². The van der Waals surface area contributed by atoms with Gasteiger partial charge in [0.1, 0.15) is 0 Å². The molecule has 0 saturated heterocycles. The number of halogens is 2. The molecule has 0 unspecified atom stereocenters. The van der Waals surface area contributed by atoms with Gasteiger partial charge in [0.15, 0.2) is 0 Å². The summed E-state index contributed by atoms with van der Waals surface area (Å²) in [5.41, 5.74) is 2.49. The molecule has 0 heterocycles. The van der Waals surface area contributed by atoms with Crippen LogP contribution in [0.15, 0.2) is 36.4 Å². The molecule has 0 atom stereocenters. The zero-order valence-corrected chi connectivity index (χ0v) is 17.9. The zero-order valence-electron chi connectivity index (χ0n) is 16.4. The quantitative estimate of drug-likeness (QED) is 0.477. The molecule has 4 amide bonds. The normalized spacial score (nSPS) is 12.8. The van der Waals surface area contributed by atoms with Gasteiger partial charge in [0.25, 0.3) is 5.91 Å². The summed E-state index contributed by atoms with van der Waals surface area (Å²) >= 11 is 11.7. The van der Waals surface area contributed by atoms with E-state index < -0.39 is 6.03 Å². The van der Waals surface area contributed by atoms with Gasteiger partial charge in [-0.2, -0.15) is 0 Å². The highest BCUT2D eigenvalue weighted by atomic mass is 35.5. The molecule has 2 aromatic rings. The number of benzene rings is 2. The second-order valence-corrected chi connectivity index (χ2v) is 7.87. The molecule has 7 nitrogen and oxygen atoms in total. The standard InChI is InChI=1S/C21H22Cl2N4O3/c1-12-2-6-15(26-20(29)13-3-4-13)11-18(12)27-21(30)25-9-8-24-19(28)14-5-7-16(22)17(23)10-14/h2,5-7,10-11,13H,3-4,8-9H2,1H3,(H,24,28)(H,26,29)(H2,25,27,30). The van der Waals surface area contributed by atoms with Gasteiger partial charge in [-0.3, -0.25) is 9.59 Å². The number of anilines is 2. The van der Waals surface area contributed by atoms with Gasteiger partial charge in [-0.15, -0.1) is 0 Å². The molecule has 30 heavy (non-hydrogen) atoms. The topological polar surface area (TPSA) is 99.3 Å². The Bertz CT molecular complexity index is 977. The van der Waals surface area contributed by atoms with Gasteiger partial charge in [0.05, 0.1) is 10.0 Å². The summed E-state index contributed by atoms with van der Waals surface area (Å²) in [4.78, 5) is 36.2. The van der Waals surface area contributed by atoms with Crippen molar-refractivity contribution in [2.24, 2.45) is 5.92 Å². The van der Waals surface area contributed by atoms with E-state index in [9.17, 15) is 14.4 Å². The Morgan fingerprint density at radius 2 is 1.67 bits per heavy atom. The Balaban J connectivity index is 1.44. The average Bonchev–Trinajstić information content (AvgIpc) is 3.55. The number of hydrogen-bond acceptors (Lipinski definition) is 3. The van der Waals surface area contributed by atoms with Crippen LogP contribution in [-0.4, -0.2) is 30.9 Å². The van der Waals surface area contributed by atoms with Crippen LogP contribution in [0.4, 0.5) is 16.2 Å². The van der Waals surface area contributed by atoms with Crippen LogP contribution in [0.25, 0.3) is 0 Å². The van der Waals surface area contributed by atoms with E-state index in [-0.39, 0.29) is 30.8 Å². The van der Waals surface area contributed by atoms with Gasteiger partial charge in [-0.05, 0) is 55.7 Å². The van der Waals surface area contributed by atoms with Crippen LogP contribution < -0.4 is 21.3 Å². The lowest BCUT2D eigenvalue weighted by Gasteiger charge is -2.13. The van der Waals surface area contributed by atoms with E-state index in [1.54, 1.807) is 24.3 Å². The van der Waals surface area contributed by atoms with E-state index in [2.05, 4.69) is 21.3 Å². The van der Waals surface area contributed by atoms with Gasteiger partial charge >= 0.3 is 6.03 Å². The van der Waals surface area contributed by atoms with E-state index >= 15 is 0 Å². The van der Waals surface area contributed by atoms with Crippen LogP contribution in [0.1, 0.15) is 28.8 Å². The van der Waals surface area contributed by atoms with Gasteiger partial charge in [-0.1, -0.05) is 29.3 Å². The number of urea groups is 1. The molecule has 1 aliphatic carbocycles. The smallest absolute Gasteiger partial charge is 0.319 e. The summed E-state index contributed by atoms with van der Waals surface area (Å²) in [7, 11) is 0. The molecule has 1 aliphatic rings. The van der Waals surface area contributed by atoms with Gasteiger partial charge in [0.2, 0.25) is 5.91 Å². The third-order valence-electron chi connectivity index (χ3n) is 4.58. The first-order valence-electron chi connectivity index (χ1n) is 9.53. The summed E-state index contributed by atoms with van der Waals surface area (Å²) in [5, 5.41) is 11.7. The Morgan fingerprint density at radius 1 is 0.933 bits per heavy atom. The minimum absolute atomic E-state index is 0.00645. The maximum Gasteiger partial charge on any atom is 0.319 e. The molecule has 9 heteroatoms. The summed E-state index contributed by atoms with van der Waals surface area (Å²) in [6.07, 6.45) is 1.85. The van der Waals surface area contributed by atoms with Crippen LogP contribution >= 0.6 is 23.2 Å². The van der Waals surface area contributed by atoms with Gasteiger partial charge in [-0.25, -0.2) is 4.79 Å². The molecule has 0 radical (unpaired) electrons. The minimum Gasteiger partial charge on any atom is -0.350 e. The fourth-order valence-electron chi connectivity index (χ4n) is 2.68. The first kappa shape index (κ1) is 21.9. The van der Waals surface area contributed by atoms with Crippen LogP contribution in [-0.2, 0) is 4.79 Å². The highest BCUT2D eigenvalue weighted by Gasteiger charge is 2.29. The Kier molecular flexibility index (Phi) is 7.18. The van der Waals surface area contributed by atoms with Crippen molar-refractivity contribution in [1.82, 2.24) is 10.6 Å². The minimum atomic E-state index is -0.410. The fourth-order valence-corrected chi connectivity index (χ4v) is 2.98. The largest absolute Gasteiger partial charge is 0.350 e. The van der Waals surface area contributed by atoms with Crippen molar-refractivity contribution in [2.45, 2.75) is 19.8 Å². The van der Waals surface area contributed by atoms with E-state index in [1.165, 1.54) is 6.07 Å². The lowest BCUT2D eigenvalue weighted by molar-refractivity contribution is -0.117. The zero-order chi connectivity index (χ0) is 21.7. The maximum atomic E-state index is 12.2. The van der Waals surface area contributed by atoms with Crippen molar-refractivity contribution in [1.29, 1.82) is 0 Å². The van der Waals surface area contributed by atoms with Crippen molar-refractivity contribution in [3.63, 3.8) is 0 Å². The number of aryl methyl sites for hydroxylation is 1. The van der Waals surface area contributed by atoms with E-state index in [4.69, 9.17) is 23.2 Å². The van der Waals surface area contributed by atoms with E-state index in [0.717, 1.165) is 18.4 Å². The third kappa shape index (κ3) is 6.11. The average molecular weight is 449 g/mol. The van der Waals surface area contributed by atoms with Crippen LogP contribution in [0.3, 0.4) is 0 Å². The van der Waals surface area contributed by atoms with Gasteiger partial charge < -0.3 is 21.3 Å². The first-order chi connectivity index (χ1) is 14.3. The molecule has 158 valence electrons. The van der Waals surface area contributed by atoms with Gasteiger partial charge in [0, 0.05) is 35.9 Å². The monoisotopic (exact) mass is 448 g/mol. The molecule has 3 rings (SSSR count). The Hall–Kier alpha value is -2.77. The number of nitrogens with one attached hydrogen (secondary N) is 4. The highest BCUT2D eigenvalue weighted by Crippen LogP contribution is 2.30. The molecule has 1 fully saturated rings. The van der Waals surface area contributed by atoms with Crippen LogP contribution in [0.5, 0.6) is 0 Å². The van der Waals surface area contributed by atoms with Crippen LogP contribution in [0.2, 0.25) is 10.0 Å². The summed E-state index contributed by atoms with van der Waals surface area (Å²) in [6.45, 7) is 2.33. The third-order valence-corrected chi connectivity index (χ3v) is 5.32. The Morgan fingerprint density at radius 3 is 2.37 bits per heavy atom. The molecule has 0 bridgehead atoms. The molecule has 0 aliphatic heterocycles. The Labute approximate surface area is 184 Å². The second kappa shape index (κ2) is 9.82. The lowest BCUT2D eigenvalue weighted by Crippen LogP contribution is -2.36. The maximum absolute atomic E-state index is 12.2. The molecular weight excluding hydrogens is 427 g/mol. The highest BCUT2D eigenvalue weighted by molar-refractivity contribution is 6.42. The molecule has 0 spiro atoms. The van der Waals surface area contributed by atoms with E-state index in [0.29, 0.717) is 27.0 Å². The van der Waals surface area contributed by atoms with Crippen molar-refractivity contribution in [3.8, 4) is 0 Å². The molecular formula is C21H22Cl2N4O3. The SMILES string of the molecule is Cc1ccc(NC(=O)C2CC2)cc1NC(=O)NCCNC(=O)c1ccc(Cl)c(Cl)c1. The lowest BCUT2D eigenvalue weighted by atomic mass is 10.1. The molecule has 0 aromatic heterocycles. The predicted molar refractivity (Wildman–Crippen MR) is 118 cm³/mol. The van der Waals surface area contributed by atoms with Crippen LogP contribution in [0, 0.1) is 12.8 Å². The number of hydrogen-bond donors (Lipinski definition) is 4. The summed E-state index contributed by atoms with van der Waals surface area (Å²) < 4.78 is 0. The summed E-state index contributed by atoms with van der Waals surface area (Å²) in [6, 6.07) is 9.55.